The van der Waals surface area contributed by atoms with E-state index in [-0.39, 0.29) is 5.91 Å². The molecule has 0 aliphatic carbocycles. The number of hydrogen-bond donors (Lipinski definition) is 2. The Morgan fingerprint density at radius 2 is 2.19 bits per heavy atom. The summed E-state index contributed by atoms with van der Waals surface area (Å²) in [6.45, 7) is 4.87. The van der Waals surface area contributed by atoms with Gasteiger partial charge in [0.15, 0.2) is 0 Å². The van der Waals surface area contributed by atoms with Crippen LogP contribution in [0.4, 0.5) is 0 Å². The Morgan fingerprint density at radius 1 is 1.44 bits per heavy atom. The molecule has 0 bridgehead atoms. The van der Waals surface area contributed by atoms with E-state index in [1.807, 2.05) is 6.92 Å². The number of carbonyl (C=O) groups excluding carboxylic acids is 1. The van der Waals surface area contributed by atoms with E-state index in [9.17, 15) is 9.90 Å². The van der Waals surface area contributed by atoms with E-state index in [1.54, 1.807) is 7.05 Å². The van der Waals surface area contributed by atoms with Crippen LogP contribution in [-0.2, 0) is 4.79 Å². The molecule has 0 saturated carbocycles. The van der Waals surface area contributed by atoms with E-state index in [0.717, 1.165) is 45.3 Å². The maximum Gasteiger partial charge on any atom is 0.219 e. The van der Waals surface area contributed by atoms with Crippen molar-refractivity contribution in [3.8, 4) is 0 Å². The fraction of sp³-hybridized carbons (Fsp3) is 0.917. The van der Waals surface area contributed by atoms with Gasteiger partial charge in [0.25, 0.3) is 0 Å². The van der Waals surface area contributed by atoms with Gasteiger partial charge in [-0.2, -0.15) is 0 Å². The van der Waals surface area contributed by atoms with Crippen LogP contribution in [0.3, 0.4) is 0 Å². The van der Waals surface area contributed by atoms with Crippen LogP contribution >= 0.6 is 0 Å². The molecule has 4 heteroatoms. The maximum absolute atomic E-state index is 11.1. The predicted molar refractivity (Wildman–Crippen MR) is 64.2 cm³/mol. The fourth-order valence-corrected chi connectivity index (χ4v) is 2.13. The first kappa shape index (κ1) is 13.5. The Hall–Kier alpha value is -0.610. The number of aliphatic hydroxyl groups is 1. The molecule has 1 atom stereocenters. The highest BCUT2D eigenvalue weighted by Gasteiger charge is 2.24. The molecule has 0 spiro atoms. The molecule has 2 N–H and O–H groups in total. The zero-order valence-electron chi connectivity index (χ0n) is 10.5. The summed E-state index contributed by atoms with van der Waals surface area (Å²) < 4.78 is 0. The lowest BCUT2D eigenvalue weighted by Crippen LogP contribution is -2.29. The summed E-state index contributed by atoms with van der Waals surface area (Å²) in [6.07, 6.45) is 4.28. The summed E-state index contributed by atoms with van der Waals surface area (Å²) >= 11 is 0. The van der Waals surface area contributed by atoms with Crippen LogP contribution in [0.25, 0.3) is 0 Å². The monoisotopic (exact) mass is 228 g/mol. The van der Waals surface area contributed by atoms with E-state index in [2.05, 4.69) is 10.2 Å². The van der Waals surface area contributed by atoms with Crippen molar-refractivity contribution in [3.63, 3.8) is 0 Å². The van der Waals surface area contributed by atoms with E-state index < -0.39 is 5.60 Å². The zero-order chi connectivity index (χ0) is 12.0. The van der Waals surface area contributed by atoms with Crippen LogP contribution in [0.2, 0.25) is 0 Å². The van der Waals surface area contributed by atoms with Gasteiger partial charge in [-0.25, -0.2) is 0 Å². The van der Waals surface area contributed by atoms with Crippen molar-refractivity contribution in [1.29, 1.82) is 0 Å². The normalized spacial score (nSPS) is 27.4. The van der Waals surface area contributed by atoms with E-state index >= 15 is 0 Å². The van der Waals surface area contributed by atoms with Crippen LogP contribution in [0.5, 0.6) is 0 Å². The van der Waals surface area contributed by atoms with Crippen molar-refractivity contribution < 1.29 is 9.90 Å². The van der Waals surface area contributed by atoms with Gasteiger partial charge >= 0.3 is 0 Å². The number of hydrogen-bond acceptors (Lipinski definition) is 3. The zero-order valence-corrected chi connectivity index (χ0v) is 10.5. The Balaban J connectivity index is 2.20. The molecular weight excluding hydrogens is 204 g/mol. The van der Waals surface area contributed by atoms with Gasteiger partial charge in [-0.15, -0.1) is 0 Å². The molecule has 1 heterocycles. The first-order chi connectivity index (χ1) is 7.53. The summed E-state index contributed by atoms with van der Waals surface area (Å²) in [5.74, 6) is 0.113. The van der Waals surface area contributed by atoms with E-state index in [4.69, 9.17) is 0 Å². The van der Waals surface area contributed by atoms with Gasteiger partial charge in [-0.3, -0.25) is 4.79 Å². The topological polar surface area (TPSA) is 52.6 Å². The van der Waals surface area contributed by atoms with Gasteiger partial charge in [-0.1, -0.05) is 0 Å². The van der Waals surface area contributed by atoms with Gasteiger partial charge in [-0.05, 0) is 45.7 Å². The van der Waals surface area contributed by atoms with Gasteiger partial charge in [0, 0.05) is 20.0 Å². The lowest BCUT2D eigenvalue weighted by Gasteiger charge is -2.22. The van der Waals surface area contributed by atoms with Crippen LogP contribution < -0.4 is 5.32 Å². The first-order valence-electron chi connectivity index (χ1n) is 6.19. The van der Waals surface area contributed by atoms with Gasteiger partial charge < -0.3 is 15.3 Å². The van der Waals surface area contributed by atoms with Gasteiger partial charge in [0.05, 0.1) is 5.60 Å². The second-order valence-electron chi connectivity index (χ2n) is 4.97. The fourth-order valence-electron chi connectivity index (χ4n) is 2.13. The van der Waals surface area contributed by atoms with Crippen LogP contribution in [0.1, 0.15) is 39.0 Å². The lowest BCUT2D eigenvalue weighted by atomic mass is 9.98. The molecule has 1 rings (SSSR count). The average Bonchev–Trinajstić information content (AvgIpc) is 2.40. The molecule has 1 amide bonds. The second kappa shape index (κ2) is 6.21. The molecular formula is C12H24N2O2. The Kier molecular flexibility index (Phi) is 5.22. The number of nitrogens with zero attached hydrogens (tertiary/aromatic N) is 1. The molecule has 0 aromatic heterocycles. The molecule has 16 heavy (non-hydrogen) atoms. The SMILES string of the molecule is CNC(=O)CCCN1CCCC(C)(O)CC1. The summed E-state index contributed by atoms with van der Waals surface area (Å²) in [4.78, 5) is 13.4. The maximum atomic E-state index is 11.1. The summed E-state index contributed by atoms with van der Waals surface area (Å²) in [5, 5.41) is 12.6. The number of amides is 1. The Bertz CT molecular complexity index is 229. The van der Waals surface area contributed by atoms with E-state index in [0.29, 0.717) is 6.42 Å². The minimum absolute atomic E-state index is 0.113. The summed E-state index contributed by atoms with van der Waals surface area (Å²) in [6, 6.07) is 0. The number of likely N-dealkylation sites (tertiary alicyclic amines) is 1. The largest absolute Gasteiger partial charge is 0.390 e. The van der Waals surface area contributed by atoms with Crippen LogP contribution in [0.15, 0.2) is 0 Å². The number of nitrogens with one attached hydrogen (secondary N) is 1. The molecule has 94 valence electrons. The molecule has 4 nitrogen and oxygen atoms in total. The minimum atomic E-state index is -0.491. The number of carbonyl (C=O) groups is 1. The Morgan fingerprint density at radius 3 is 2.88 bits per heavy atom. The highest BCUT2D eigenvalue weighted by Crippen LogP contribution is 2.21. The van der Waals surface area contributed by atoms with Crippen molar-refractivity contribution in [2.75, 3.05) is 26.7 Å². The predicted octanol–water partition coefficient (Wildman–Crippen LogP) is 0.749. The smallest absolute Gasteiger partial charge is 0.219 e. The molecule has 0 aromatic rings. The third-order valence-corrected chi connectivity index (χ3v) is 3.31. The third kappa shape index (κ3) is 4.94. The average molecular weight is 228 g/mol. The molecule has 1 fully saturated rings. The summed E-state index contributed by atoms with van der Waals surface area (Å²) in [5.41, 5.74) is -0.491. The first-order valence-corrected chi connectivity index (χ1v) is 6.19. The van der Waals surface area contributed by atoms with E-state index in [1.165, 1.54) is 0 Å². The van der Waals surface area contributed by atoms with Crippen molar-refractivity contribution in [1.82, 2.24) is 10.2 Å². The van der Waals surface area contributed by atoms with Crippen molar-refractivity contribution in [3.05, 3.63) is 0 Å². The Labute approximate surface area is 98.0 Å². The van der Waals surface area contributed by atoms with Crippen molar-refractivity contribution in [2.24, 2.45) is 0 Å². The molecule has 1 unspecified atom stereocenters. The van der Waals surface area contributed by atoms with Gasteiger partial charge in [0.2, 0.25) is 5.91 Å². The standard InChI is InChI=1S/C12H24N2O2/c1-12(16)6-4-9-14(10-7-12)8-3-5-11(15)13-2/h16H,3-10H2,1-2H3,(H,13,15). The summed E-state index contributed by atoms with van der Waals surface area (Å²) in [7, 11) is 1.67. The minimum Gasteiger partial charge on any atom is -0.390 e. The van der Waals surface area contributed by atoms with Gasteiger partial charge in [0.1, 0.15) is 0 Å². The molecule has 0 aromatic carbocycles. The van der Waals surface area contributed by atoms with Crippen molar-refractivity contribution >= 4 is 5.91 Å². The number of rotatable bonds is 4. The second-order valence-corrected chi connectivity index (χ2v) is 4.97. The molecule has 1 saturated heterocycles. The molecule has 0 radical (unpaired) electrons. The third-order valence-electron chi connectivity index (χ3n) is 3.31. The van der Waals surface area contributed by atoms with Crippen molar-refractivity contribution in [2.45, 2.75) is 44.6 Å². The quantitative estimate of drug-likeness (QED) is 0.746. The lowest BCUT2D eigenvalue weighted by molar-refractivity contribution is -0.120. The van der Waals surface area contributed by atoms with Crippen LogP contribution in [-0.4, -0.2) is 48.2 Å². The highest BCUT2D eigenvalue weighted by molar-refractivity contribution is 5.75. The highest BCUT2D eigenvalue weighted by atomic mass is 16.3. The molecule has 1 aliphatic rings. The molecule has 1 aliphatic heterocycles. The van der Waals surface area contributed by atoms with Crippen LogP contribution in [0, 0.1) is 0 Å².